The van der Waals surface area contributed by atoms with Crippen molar-refractivity contribution in [3.63, 3.8) is 0 Å². The van der Waals surface area contributed by atoms with E-state index in [9.17, 15) is 9.59 Å². The van der Waals surface area contributed by atoms with Crippen LogP contribution in [0.1, 0.15) is 32.1 Å². The van der Waals surface area contributed by atoms with Gasteiger partial charge in [-0.2, -0.15) is 0 Å². The molecule has 0 bridgehead atoms. The largest absolute Gasteiger partial charge is 0.454 e. The Labute approximate surface area is 177 Å². The van der Waals surface area contributed by atoms with Gasteiger partial charge in [0.15, 0.2) is 6.61 Å². The molecular weight excluding hydrogens is 421 g/mol. The number of carbonyl (C=O) groups is 2. The van der Waals surface area contributed by atoms with Crippen molar-refractivity contribution in [3.05, 3.63) is 86.1 Å². The number of benzene rings is 2. The maximum absolute atomic E-state index is 12.6. The molecule has 3 aromatic rings. The van der Waals surface area contributed by atoms with Gasteiger partial charge in [0, 0.05) is 22.6 Å². The normalized spacial score (nSPS) is 10.8. The standard InChI is InChI=1S/C21H16Cl3NO3/c1-12-9-16(13(2)25(12)14-7-8-18(23)19(24)10-14)20(26)11-28-21(27)15-5-3-4-6-17(15)22/h3-10H,11H2,1-2H3. The number of aryl methyl sites for hydroxylation is 1. The summed E-state index contributed by atoms with van der Waals surface area (Å²) < 4.78 is 7.04. The van der Waals surface area contributed by atoms with E-state index in [0.717, 1.165) is 17.1 Å². The molecule has 3 rings (SSSR count). The molecule has 0 aliphatic rings. The van der Waals surface area contributed by atoms with E-state index in [0.29, 0.717) is 15.6 Å². The first-order valence-corrected chi connectivity index (χ1v) is 9.52. The summed E-state index contributed by atoms with van der Waals surface area (Å²) in [5.41, 5.74) is 3.04. The fourth-order valence-corrected chi connectivity index (χ4v) is 3.49. The van der Waals surface area contributed by atoms with Crippen LogP contribution in [0.25, 0.3) is 5.69 Å². The van der Waals surface area contributed by atoms with Gasteiger partial charge in [-0.3, -0.25) is 4.79 Å². The number of esters is 1. The lowest BCUT2D eigenvalue weighted by Gasteiger charge is -2.11. The molecule has 7 heteroatoms. The molecule has 0 unspecified atom stereocenters. The van der Waals surface area contributed by atoms with E-state index in [1.54, 1.807) is 42.5 Å². The van der Waals surface area contributed by atoms with Crippen LogP contribution in [0.4, 0.5) is 0 Å². The predicted molar refractivity (Wildman–Crippen MR) is 111 cm³/mol. The molecule has 0 saturated carbocycles. The highest BCUT2D eigenvalue weighted by molar-refractivity contribution is 6.42. The minimum absolute atomic E-state index is 0.221. The minimum Gasteiger partial charge on any atom is -0.454 e. The molecule has 0 spiro atoms. The highest BCUT2D eigenvalue weighted by Crippen LogP contribution is 2.28. The molecule has 1 aromatic heterocycles. The van der Waals surface area contributed by atoms with Gasteiger partial charge in [-0.05, 0) is 50.2 Å². The van der Waals surface area contributed by atoms with E-state index in [1.165, 1.54) is 0 Å². The molecule has 0 radical (unpaired) electrons. The summed E-state index contributed by atoms with van der Waals surface area (Å²) in [6, 6.07) is 13.5. The van der Waals surface area contributed by atoms with E-state index >= 15 is 0 Å². The Morgan fingerprint density at radius 3 is 2.29 bits per heavy atom. The zero-order valence-corrected chi connectivity index (χ0v) is 17.4. The van der Waals surface area contributed by atoms with Crippen molar-refractivity contribution in [2.45, 2.75) is 13.8 Å². The number of ether oxygens (including phenoxy) is 1. The summed E-state index contributed by atoms with van der Waals surface area (Å²) in [4.78, 5) is 24.8. The van der Waals surface area contributed by atoms with Crippen molar-refractivity contribution in [3.8, 4) is 5.69 Å². The summed E-state index contributed by atoms with van der Waals surface area (Å²) in [6.45, 7) is 3.32. The molecule has 0 fully saturated rings. The first kappa shape index (κ1) is 20.5. The van der Waals surface area contributed by atoms with E-state index in [1.807, 2.05) is 24.5 Å². The molecule has 1 heterocycles. The van der Waals surface area contributed by atoms with Gasteiger partial charge in [0.1, 0.15) is 0 Å². The SMILES string of the molecule is Cc1cc(C(=O)COC(=O)c2ccccc2Cl)c(C)n1-c1ccc(Cl)c(Cl)c1. The lowest BCUT2D eigenvalue weighted by Crippen LogP contribution is -2.15. The lowest BCUT2D eigenvalue weighted by atomic mass is 10.1. The minimum atomic E-state index is -0.641. The van der Waals surface area contributed by atoms with Crippen molar-refractivity contribution in [2.24, 2.45) is 0 Å². The third kappa shape index (κ3) is 4.09. The van der Waals surface area contributed by atoms with Crippen molar-refractivity contribution in [1.29, 1.82) is 0 Å². The van der Waals surface area contributed by atoms with Crippen molar-refractivity contribution < 1.29 is 14.3 Å². The van der Waals surface area contributed by atoms with Gasteiger partial charge in [0.05, 0.1) is 20.6 Å². The van der Waals surface area contributed by atoms with Crippen LogP contribution in [0.5, 0.6) is 0 Å². The van der Waals surface area contributed by atoms with Crippen LogP contribution in [0.15, 0.2) is 48.5 Å². The van der Waals surface area contributed by atoms with Crippen LogP contribution < -0.4 is 0 Å². The van der Waals surface area contributed by atoms with Crippen molar-refractivity contribution in [2.75, 3.05) is 6.61 Å². The lowest BCUT2D eigenvalue weighted by molar-refractivity contribution is 0.0474. The average molecular weight is 437 g/mol. The number of hydrogen-bond acceptors (Lipinski definition) is 3. The number of Topliss-reactive ketones (excluding diaryl/α,β-unsaturated/α-hetero) is 1. The molecule has 0 saturated heterocycles. The van der Waals surface area contributed by atoms with E-state index < -0.39 is 5.97 Å². The van der Waals surface area contributed by atoms with Gasteiger partial charge in [-0.15, -0.1) is 0 Å². The molecule has 0 aliphatic heterocycles. The molecule has 0 N–H and O–H groups in total. The molecule has 28 heavy (non-hydrogen) atoms. The maximum Gasteiger partial charge on any atom is 0.340 e. The maximum atomic E-state index is 12.6. The quantitative estimate of drug-likeness (QED) is 0.359. The van der Waals surface area contributed by atoms with Crippen LogP contribution in [0, 0.1) is 13.8 Å². The van der Waals surface area contributed by atoms with E-state index in [4.69, 9.17) is 39.5 Å². The summed E-state index contributed by atoms with van der Waals surface area (Å²) >= 11 is 18.1. The predicted octanol–water partition coefficient (Wildman–Crippen LogP) is 6.09. The van der Waals surface area contributed by atoms with Gasteiger partial charge in [-0.1, -0.05) is 46.9 Å². The molecule has 4 nitrogen and oxygen atoms in total. The number of ketones is 1. The van der Waals surface area contributed by atoms with Gasteiger partial charge < -0.3 is 9.30 Å². The number of rotatable bonds is 5. The smallest absolute Gasteiger partial charge is 0.340 e. The molecule has 0 atom stereocenters. The van der Waals surface area contributed by atoms with Crippen LogP contribution in [0.3, 0.4) is 0 Å². The number of halogens is 3. The Morgan fingerprint density at radius 2 is 1.61 bits per heavy atom. The molecule has 144 valence electrons. The first-order valence-electron chi connectivity index (χ1n) is 8.39. The topological polar surface area (TPSA) is 48.3 Å². The summed E-state index contributed by atoms with van der Waals surface area (Å²) in [7, 11) is 0. The Hall–Kier alpha value is -2.27. The van der Waals surface area contributed by atoms with E-state index in [-0.39, 0.29) is 23.0 Å². The Kier molecular flexibility index (Phi) is 6.14. The van der Waals surface area contributed by atoms with Gasteiger partial charge in [0.2, 0.25) is 5.78 Å². The summed E-state index contributed by atoms with van der Waals surface area (Å²) in [6.07, 6.45) is 0. The fraction of sp³-hybridized carbons (Fsp3) is 0.143. The average Bonchev–Trinajstić information content (AvgIpc) is 2.96. The highest BCUT2D eigenvalue weighted by Gasteiger charge is 2.19. The zero-order chi connectivity index (χ0) is 20.4. The zero-order valence-electron chi connectivity index (χ0n) is 15.1. The number of aromatic nitrogens is 1. The van der Waals surface area contributed by atoms with Crippen LogP contribution in [-0.4, -0.2) is 22.9 Å². The van der Waals surface area contributed by atoms with Gasteiger partial charge >= 0.3 is 5.97 Å². The van der Waals surface area contributed by atoms with Crippen LogP contribution in [0.2, 0.25) is 15.1 Å². The van der Waals surface area contributed by atoms with Gasteiger partial charge in [0.25, 0.3) is 0 Å². The third-order valence-corrected chi connectivity index (χ3v) is 5.39. The monoisotopic (exact) mass is 435 g/mol. The molecule has 0 amide bonds. The number of carbonyl (C=O) groups excluding carboxylic acids is 2. The van der Waals surface area contributed by atoms with Crippen LogP contribution in [-0.2, 0) is 4.74 Å². The second-order valence-electron chi connectivity index (χ2n) is 6.20. The Bertz CT molecular complexity index is 1070. The molecular formula is C21H16Cl3NO3. The Balaban J connectivity index is 1.80. The number of hydrogen-bond donors (Lipinski definition) is 0. The number of nitrogens with zero attached hydrogens (tertiary/aromatic N) is 1. The van der Waals surface area contributed by atoms with Crippen LogP contribution >= 0.6 is 34.8 Å². The van der Waals surface area contributed by atoms with Gasteiger partial charge in [-0.25, -0.2) is 4.79 Å². The van der Waals surface area contributed by atoms with E-state index in [2.05, 4.69) is 0 Å². The summed E-state index contributed by atoms with van der Waals surface area (Å²) in [5.74, 6) is -0.947. The Morgan fingerprint density at radius 1 is 0.893 bits per heavy atom. The third-order valence-electron chi connectivity index (χ3n) is 4.32. The first-order chi connectivity index (χ1) is 13.3. The van der Waals surface area contributed by atoms with Crippen molar-refractivity contribution in [1.82, 2.24) is 4.57 Å². The fourth-order valence-electron chi connectivity index (χ4n) is 2.98. The highest BCUT2D eigenvalue weighted by atomic mass is 35.5. The molecule has 2 aromatic carbocycles. The second-order valence-corrected chi connectivity index (χ2v) is 7.42. The molecule has 0 aliphatic carbocycles. The summed E-state index contributed by atoms with van der Waals surface area (Å²) in [5, 5.41) is 1.15. The second kappa shape index (κ2) is 8.39. The van der Waals surface area contributed by atoms with Crippen molar-refractivity contribution >= 4 is 46.6 Å².